The first-order valence-electron chi connectivity index (χ1n) is 7.79. The number of rotatable bonds is 2. The second-order valence-electron chi connectivity index (χ2n) is 6.21. The van der Waals surface area contributed by atoms with Crippen molar-refractivity contribution in [3.8, 4) is 0 Å². The van der Waals surface area contributed by atoms with Gasteiger partial charge in [-0.15, -0.1) is 0 Å². The third-order valence-electron chi connectivity index (χ3n) is 4.02. The molecule has 4 nitrogen and oxygen atoms in total. The van der Waals surface area contributed by atoms with Gasteiger partial charge in [-0.25, -0.2) is 0 Å². The average molecular weight is 321 g/mol. The van der Waals surface area contributed by atoms with Crippen molar-refractivity contribution in [3.05, 3.63) is 74.6 Å². The molecule has 4 heteroatoms. The van der Waals surface area contributed by atoms with E-state index in [0.29, 0.717) is 16.7 Å². The highest BCUT2D eigenvalue weighted by molar-refractivity contribution is 6.03. The molecule has 1 aromatic heterocycles. The minimum atomic E-state index is -0.428. The van der Waals surface area contributed by atoms with Crippen LogP contribution in [0.15, 0.2) is 45.6 Å². The summed E-state index contributed by atoms with van der Waals surface area (Å²) in [5.74, 6) is -0.414. The molecule has 0 saturated carbocycles. The van der Waals surface area contributed by atoms with Crippen molar-refractivity contribution in [2.24, 2.45) is 0 Å². The van der Waals surface area contributed by atoms with E-state index >= 15 is 0 Å². The van der Waals surface area contributed by atoms with Gasteiger partial charge in [-0.05, 0) is 62.1 Å². The quantitative estimate of drug-likeness (QED) is 0.766. The van der Waals surface area contributed by atoms with Gasteiger partial charge in [0.25, 0.3) is 5.91 Å². The number of carbonyl (C=O) groups excluding carboxylic acids is 1. The molecular weight excluding hydrogens is 302 g/mol. The predicted molar refractivity (Wildman–Crippen MR) is 95.8 cm³/mol. The first-order chi connectivity index (χ1) is 11.3. The summed E-state index contributed by atoms with van der Waals surface area (Å²) in [7, 11) is 0. The van der Waals surface area contributed by atoms with E-state index in [9.17, 15) is 9.59 Å². The lowest BCUT2D eigenvalue weighted by atomic mass is 10.1. The summed E-state index contributed by atoms with van der Waals surface area (Å²) >= 11 is 0. The Labute approximate surface area is 140 Å². The molecule has 0 unspecified atom stereocenters. The summed E-state index contributed by atoms with van der Waals surface area (Å²) in [6.07, 6.45) is 0. The molecule has 0 aliphatic carbocycles. The predicted octanol–water partition coefficient (Wildman–Crippen LogP) is 4.28. The van der Waals surface area contributed by atoms with Gasteiger partial charge in [0.05, 0.1) is 5.39 Å². The van der Waals surface area contributed by atoms with Crippen LogP contribution in [0.3, 0.4) is 0 Å². The average Bonchev–Trinajstić information content (AvgIpc) is 2.51. The largest absolute Gasteiger partial charge is 0.450 e. The van der Waals surface area contributed by atoms with Gasteiger partial charge in [-0.3, -0.25) is 9.59 Å². The molecule has 0 aliphatic heterocycles. The van der Waals surface area contributed by atoms with Gasteiger partial charge in [-0.2, -0.15) is 0 Å². The van der Waals surface area contributed by atoms with Crippen LogP contribution in [-0.2, 0) is 0 Å². The molecule has 1 N–H and O–H groups in total. The van der Waals surface area contributed by atoms with Crippen molar-refractivity contribution >= 4 is 22.6 Å². The molecule has 0 aliphatic rings. The van der Waals surface area contributed by atoms with Crippen molar-refractivity contribution in [2.45, 2.75) is 27.7 Å². The molecule has 3 rings (SSSR count). The van der Waals surface area contributed by atoms with Crippen LogP contribution >= 0.6 is 0 Å². The molecule has 0 spiro atoms. The minimum absolute atomic E-state index is 0.0142. The van der Waals surface area contributed by atoms with E-state index in [-0.39, 0.29) is 11.2 Å². The highest BCUT2D eigenvalue weighted by Crippen LogP contribution is 2.21. The molecule has 1 amide bonds. The zero-order chi connectivity index (χ0) is 17.4. The normalized spacial score (nSPS) is 10.8. The third-order valence-corrected chi connectivity index (χ3v) is 4.02. The standard InChI is InChI=1S/C20H19NO3/c1-11-5-6-13(3)16(9-11)21-20(23)18-10-17(22)15-8-12(2)7-14(4)19(15)24-18/h5-10H,1-4H3,(H,21,23). The number of benzene rings is 2. The number of hydrogen-bond acceptors (Lipinski definition) is 3. The van der Waals surface area contributed by atoms with Gasteiger partial charge in [0.2, 0.25) is 0 Å². The highest BCUT2D eigenvalue weighted by atomic mass is 16.3. The molecule has 0 saturated heterocycles. The lowest BCUT2D eigenvalue weighted by Crippen LogP contribution is -2.16. The van der Waals surface area contributed by atoms with Crippen LogP contribution in [0.5, 0.6) is 0 Å². The van der Waals surface area contributed by atoms with E-state index in [0.717, 1.165) is 22.3 Å². The maximum atomic E-state index is 12.5. The van der Waals surface area contributed by atoms with Crippen LogP contribution in [-0.4, -0.2) is 5.91 Å². The molecule has 0 radical (unpaired) electrons. The minimum Gasteiger partial charge on any atom is -0.450 e. The summed E-state index contributed by atoms with van der Waals surface area (Å²) in [6, 6.07) is 10.8. The van der Waals surface area contributed by atoms with Crippen LogP contribution in [0.1, 0.15) is 32.8 Å². The van der Waals surface area contributed by atoms with Gasteiger partial charge >= 0.3 is 0 Å². The number of anilines is 1. The highest BCUT2D eigenvalue weighted by Gasteiger charge is 2.15. The van der Waals surface area contributed by atoms with Crippen LogP contribution in [0.25, 0.3) is 11.0 Å². The maximum Gasteiger partial charge on any atom is 0.291 e. The Morgan fingerprint density at radius 1 is 0.917 bits per heavy atom. The molecule has 122 valence electrons. The Morgan fingerprint density at radius 3 is 2.42 bits per heavy atom. The Balaban J connectivity index is 2.04. The van der Waals surface area contributed by atoms with Crippen molar-refractivity contribution < 1.29 is 9.21 Å². The zero-order valence-electron chi connectivity index (χ0n) is 14.2. The summed E-state index contributed by atoms with van der Waals surface area (Å²) in [5, 5.41) is 3.31. The van der Waals surface area contributed by atoms with Gasteiger partial charge in [-0.1, -0.05) is 18.2 Å². The third kappa shape index (κ3) is 2.95. The first kappa shape index (κ1) is 16.0. The Bertz CT molecular complexity index is 1020. The lowest BCUT2D eigenvalue weighted by Gasteiger charge is -2.10. The van der Waals surface area contributed by atoms with Crippen molar-refractivity contribution in [2.75, 3.05) is 5.32 Å². The van der Waals surface area contributed by atoms with E-state index in [2.05, 4.69) is 5.32 Å². The second kappa shape index (κ2) is 5.96. The number of aryl methyl sites for hydroxylation is 4. The monoisotopic (exact) mass is 321 g/mol. The van der Waals surface area contributed by atoms with Gasteiger partial charge < -0.3 is 9.73 Å². The van der Waals surface area contributed by atoms with Crippen LogP contribution in [0.2, 0.25) is 0 Å². The van der Waals surface area contributed by atoms with Crippen molar-refractivity contribution in [3.63, 3.8) is 0 Å². The zero-order valence-corrected chi connectivity index (χ0v) is 14.2. The van der Waals surface area contributed by atoms with E-state index in [1.54, 1.807) is 6.07 Å². The van der Waals surface area contributed by atoms with E-state index in [1.165, 1.54) is 6.07 Å². The molecule has 0 atom stereocenters. The number of carbonyl (C=O) groups is 1. The first-order valence-corrected chi connectivity index (χ1v) is 7.79. The van der Waals surface area contributed by atoms with Gasteiger partial charge in [0.1, 0.15) is 5.58 Å². The summed E-state index contributed by atoms with van der Waals surface area (Å²) < 4.78 is 5.72. The molecule has 1 heterocycles. The fraction of sp³-hybridized carbons (Fsp3) is 0.200. The van der Waals surface area contributed by atoms with Crippen LogP contribution in [0.4, 0.5) is 5.69 Å². The van der Waals surface area contributed by atoms with E-state index in [1.807, 2.05) is 52.0 Å². The molecular formula is C20H19NO3. The number of amides is 1. The summed E-state index contributed by atoms with van der Waals surface area (Å²) in [4.78, 5) is 24.8. The van der Waals surface area contributed by atoms with Crippen molar-refractivity contribution in [1.29, 1.82) is 0 Å². The fourth-order valence-electron chi connectivity index (χ4n) is 2.78. The Kier molecular flexibility index (Phi) is 3.97. The van der Waals surface area contributed by atoms with Crippen LogP contribution in [0, 0.1) is 27.7 Å². The van der Waals surface area contributed by atoms with Gasteiger partial charge in [0, 0.05) is 11.8 Å². The number of fused-ring (bicyclic) bond motifs is 1. The van der Waals surface area contributed by atoms with Crippen molar-refractivity contribution in [1.82, 2.24) is 0 Å². The molecule has 24 heavy (non-hydrogen) atoms. The second-order valence-corrected chi connectivity index (χ2v) is 6.21. The molecule has 0 bridgehead atoms. The number of hydrogen-bond donors (Lipinski definition) is 1. The molecule has 2 aromatic carbocycles. The molecule has 0 fully saturated rings. The summed E-state index contributed by atoms with van der Waals surface area (Å²) in [6.45, 7) is 7.66. The summed E-state index contributed by atoms with van der Waals surface area (Å²) in [5.41, 5.74) is 4.77. The molecule has 3 aromatic rings. The lowest BCUT2D eigenvalue weighted by molar-refractivity contribution is 0.0997. The van der Waals surface area contributed by atoms with E-state index in [4.69, 9.17) is 4.42 Å². The number of nitrogens with one attached hydrogen (secondary N) is 1. The smallest absolute Gasteiger partial charge is 0.291 e. The topological polar surface area (TPSA) is 59.3 Å². The maximum absolute atomic E-state index is 12.5. The SMILES string of the molecule is Cc1ccc(C)c(NC(=O)c2cc(=O)c3cc(C)cc(C)c3o2)c1. The fourth-order valence-corrected chi connectivity index (χ4v) is 2.78. The Hall–Kier alpha value is -2.88. The van der Waals surface area contributed by atoms with Gasteiger partial charge in [0.15, 0.2) is 11.2 Å². The van der Waals surface area contributed by atoms with E-state index < -0.39 is 5.91 Å². The van der Waals surface area contributed by atoms with Crippen LogP contribution < -0.4 is 10.7 Å². The Morgan fingerprint density at radius 2 is 1.67 bits per heavy atom.